The largest absolute Gasteiger partial charge is 0.508 e. The van der Waals surface area contributed by atoms with Crippen LogP contribution in [0.15, 0.2) is 54.1 Å². The summed E-state index contributed by atoms with van der Waals surface area (Å²) in [4.78, 5) is 13.1. The Bertz CT molecular complexity index is 1030. The quantitative estimate of drug-likeness (QED) is 0.543. The third-order valence-electron chi connectivity index (χ3n) is 5.70. The van der Waals surface area contributed by atoms with E-state index >= 15 is 0 Å². The van der Waals surface area contributed by atoms with Gasteiger partial charge in [-0.2, -0.15) is 0 Å². The summed E-state index contributed by atoms with van der Waals surface area (Å²) in [7, 11) is 1.46. The topological polar surface area (TPSA) is 76.0 Å². The zero-order chi connectivity index (χ0) is 22.7. The Morgan fingerprint density at radius 1 is 1.26 bits per heavy atom. The second-order valence-electron chi connectivity index (χ2n) is 8.34. The highest BCUT2D eigenvalue weighted by Crippen LogP contribution is 2.47. The number of para-hydroxylation sites is 1. The number of hydrogen-bond acceptors (Lipinski definition) is 5. The van der Waals surface area contributed by atoms with E-state index in [2.05, 4.69) is 12.7 Å². The Hall–Kier alpha value is -3.21. The molecule has 0 aliphatic carbocycles. The molecular formula is C26H30O5. The molecule has 0 bridgehead atoms. The number of benzene rings is 2. The van der Waals surface area contributed by atoms with Crippen molar-refractivity contribution < 1.29 is 24.5 Å². The SMILES string of the molecule is C=C(C)C(CC=C(C)C)Cc1c(O)cc(OC)c2c1OC(c1ccccc1O)CC2=O. The van der Waals surface area contributed by atoms with Gasteiger partial charge in [0.25, 0.3) is 0 Å². The number of fused-ring (bicyclic) bond motifs is 1. The molecule has 0 saturated carbocycles. The van der Waals surface area contributed by atoms with E-state index in [0.29, 0.717) is 28.9 Å². The molecule has 164 valence electrons. The molecule has 1 aliphatic heterocycles. The summed E-state index contributed by atoms with van der Waals surface area (Å²) >= 11 is 0. The van der Waals surface area contributed by atoms with Gasteiger partial charge in [0.05, 0.1) is 13.5 Å². The Balaban J connectivity index is 2.09. The number of aromatic hydroxyl groups is 2. The first kappa shape index (κ1) is 22.5. The normalized spacial score (nSPS) is 16.1. The highest BCUT2D eigenvalue weighted by atomic mass is 16.5. The van der Waals surface area contributed by atoms with Crippen LogP contribution in [-0.4, -0.2) is 23.1 Å². The van der Waals surface area contributed by atoms with Crippen molar-refractivity contribution in [1.29, 1.82) is 0 Å². The Kier molecular flexibility index (Phi) is 6.74. The molecule has 0 radical (unpaired) electrons. The van der Waals surface area contributed by atoms with Crippen molar-refractivity contribution >= 4 is 5.78 Å². The van der Waals surface area contributed by atoms with Crippen LogP contribution in [0.25, 0.3) is 0 Å². The van der Waals surface area contributed by atoms with Crippen molar-refractivity contribution in [1.82, 2.24) is 0 Å². The number of carbonyl (C=O) groups excluding carboxylic acids is 1. The summed E-state index contributed by atoms with van der Waals surface area (Å²) in [6.07, 6.45) is 2.82. The highest BCUT2D eigenvalue weighted by Gasteiger charge is 2.35. The fraction of sp³-hybridized carbons (Fsp3) is 0.346. The van der Waals surface area contributed by atoms with Gasteiger partial charge < -0.3 is 19.7 Å². The van der Waals surface area contributed by atoms with Gasteiger partial charge in [-0.15, -0.1) is 0 Å². The van der Waals surface area contributed by atoms with Crippen molar-refractivity contribution in [2.75, 3.05) is 7.11 Å². The number of rotatable bonds is 7. The van der Waals surface area contributed by atoms with E-state index in [0.717, 1.165) is 12.0 Å². The van der Waals surface area contributed by atoms with Crippen LogP contribution in [0.4, 0.5) is 0 Å². The van der Waals surface area contributed by atoms with Gasteiger partial charge in [-0.05, 0) is 45.6 Å². The average Bonchev–Trinajstić information content (AvgIpc) is 2.71. The molecule has 1 aliphatic rings. The molecule has 2 atom stereocenters. The molecule has 0 spiro atoms. The van der Waals surface area contributed by atoms with Crippen molar-refractivity contribution in [2.24, 2.45) is 5.92 Å². The lowest BCUT2D eigenvalue weighted by molar-refractivity contribution is 0.0838. The van der Waals surface area contributed by atoms with Gasteiger partial charge in [0, 0.05) is 17.2 Å². The maximum absolute atomic E-state index is 13.1. The minimum Gasteiger partial charge on any atom is -0.508 e. The number of ether oxygens (including phenoxy) is 2. The fourth-order valence-electron chi connectivity index (χ4n) is 3.89. The molecule has 3 rings (SSSR count). The molecular weight excluding hydrogens is 392 g/mol. The van der Waals surface area contributed by atoms with Gasteiger partial charge in [-0.25, -0.2) is 0 Å². The van der Waals surface area contributed by atoms with Crippen LogP contribution in [0.1, 0.15) is 61.2 Å². The van der Waals surface area contributed by atoms with Crippen LogP contribution < -0.4 is 9.47 Å². The third-order valence-corrected chi connectivity index (χ3v) is 5.70. The lowest BCUT2D eigenvalue weighted by Gasteiger charge is -2.30. The lowest BCUT2D eigenvalue weighted by Crippen LogP contribution is -2.23. The Labute approximate surface area is 183 Å². The van der Waals surface area contributed by atoms with E-state index in [9.17, 15) is 15.0 Å². The van der Waals surface area contributed by atoms with Gasteiger partial charge in [-0.1, -0.05) is 42.0 Å². The molecule has 0 fully saturated rings. The third kappa shape index (κ3) is 4.76. The predicted octanol–water partition coefficient (Wildman–Crippen LogP) is 5.90. The van der Waals surface area contributed by atoms with Gasteiger partial charge >= 0.3 is 0 Å². The van der Waals surface area contributed by atoms with E-state index in [1.807, 2.05) is 20.8 Å². The van der Waals surface area contributed by atoms with Crippen LogP contribution >= 0.6 is 0 Å². The van der Waals surface area contributed by atoms with Crippen molar-refractivity contribution in [3.8, 4) is 23.0 Å². The molecule has 2 N–H and O–H groups in total. The minimum absolute atomic E-state index is 0.0183. The first-order valence-corrected chi connectivity index (χ1v) is 10.4. The number of phenols is 2. The number of phenolic OH excluding ortho intramolecular Hbond substituents is 2. The standard InChI is InChI=1S/C26H30O5/c1-15(2)10-11-17(16(3)4)12-19-21(28)13-24(30-5)25-22(29)14-23(31-26(19)25)18-8-6-7-9-20(18)27/h6-10,13,17,23,27-28H,3,11-12,14H2,1-2,4-5H3. The van der Waals surface area contributed by atoms with Crippen molar-refractivity contribution in [3.05, 3.63) is 70.8 Å². The van der Waals surface area contributed by atoms with E-state index < -0.39 is 6.10 Å². The van der Waals surface area contributed by atoms with Gasteiger partial charge in [0.2, 0.25) is 0 Å². The van der Waals surface area contributed by atoms with Crippen LogP contribution in [0, 0.1) is 5.92 Å². The van der Waals surface area contributed by atoms with Crippen LogP contribution in [0.3, 0.4) is 0 Å². The maximum Gasteiger partial charge on any atom is 0.174 e. The number of carbonyl (C=O) groups is 1. The second-order valence-corrected chi connectivity index (χ2v) is 8.34. The first-order valence-electron chi connectivity index (χ1n) is 10.4. The molecule has 0 saturated heterocycles. The number of allylic oxidation sites excluding steroid dienone is 3. The Morgan fingerprint density at radius 3 is 2.58 bits per heavy atom. The Morgan fingerprint density at radius 2 is 1.97 bits per heavy atom. The molecule has 1 heterocycles. The molecule has 2 aromatic rings. The maximum atomic E-state index is 13.1. The summed E-state index contributed by atoms with van der Waals surface area (Å²) in [6, 6.07) is 8.30. The van der Waals surface area contributed by atoms with Crippen molar-refractivity contribution in [3.63, 3.8) is 0 Å². The molecule has 5 nitrogen and oxygen atoms in total. The van der Waals surface area contributed by atoms with Gasteiger partial charge in [0.15, 0.2) is 5.78 Å². The van der Waals surface area contributed by atoms with Gasteiger partial charge in [-0.3, -0.25) is 4.79 Å². The number of ketones is 1. The summed E-state index contributed by atoms with van der Waals surface area (Å²) in [5.41, 5.74) is 3.62. The molecule has 2 unspecified atom stereocenters. The highest BCUT2D eigenvalue weighted by molar-refractivity contribution is 6.03. The molecule has 0 amide bonds. The van der Waals surface area contributed by atoms with E-state index in [4.69, 9.17) is 9.47 Å². The summed E-state index contributed by atoms with van der Waals surface area (Å²) in [5.74, 6) is 0.620. The molecule has 0 aromatic heterocycles. The second kappa shape index (κ2) is 9.29. The molecule has 2 aromatic carbocycles. The number of methoxy groups -OCH3 is 1. The summed E-state index contributed by atoms with van der Waals surface area (Å²) in [6.45, 7) is 10.2. The van der Waals surface area contributed by atoms with Crippen LogP contribution in [0.5, 0.6) is 23.0 Å². The van der Waals surface area contributed by atoms with Crippen molar-refractivity contribution in [2.45, 2.75) is 46.1 Å². The van der Waals surface area contributed by atoms with E-state index in [-0.39, 0.29) is 35.4 Å². The first-order chi connectivity index (χ1) is 14.7. The van der Waals surface area contributed by atoms with Gasteiger partial charge in [0.1, 0.15) is 34.7 Å². The minimum atomic E-state index is -0.646. The number of Topliss-reactive ketones (excluding diaryl/α,β-unsaturated/α-hetero) is 1. The monoisotopic (exact) mass is 422 g/mol. The van der Waals surface area contributed by atoms with E-state index in [1.54, 1.807) is 24.3 Å². The molecule has 31 heavy (non-hydrogen) atoms. The van der Waals surface area contributed by atoms with Crippen LogP contribution in [0.2, 0.25) is 0 Å². The van der Waals surface area contributed by atoms with Crippen LogP contribution in [-0.2, 0) is 6.42 Å². The number of hydrogen-bond donors (Lipinski definition) is 2. The zero-order valence-corrected chi connectivity index (χ0v) is 18.6. The molecule has 5 heteroatoms. The smallest absolute Gasteiger partial charge is 0.174 e. The fourth-order valence-corrected chi connectivity index (χ4v) is 3.89. The van der Waals surface area contributed by atoms with E-state index in [1.165, 1.54) is 18.7 Å². The zero-order valence-electron chi connectivity index (χ0n) is 18.6. The average molecular weight is 423 g/mol. The lowest BCUT2D eigenvalue weighted by atomic mass is 9.86. The predicted molar refractivity (Wildman–Crippen MR) is 121 cm³/mol. The summed E-state index contributed by atoms with van der Waals surface area (Å²) < 4.78 is 11.6. The summed E-state index contributed by atoms with van der Waals surface area (Å²) in [5, 5.41) is 21.1.